The lowest BCUT2D eigenvalue weighted by atomic mass is 9.85. The first-order valence-corrected chi connectivity index (χ1v) is 19.3. The summed E-state index contributed by atoms with van der Waals surface area (Å²) in [6.45, 7) is 17.1. The smallest absolute Gasteiger partial charge is 0.419 e. The number of hydrogen-bond acceptors (Lipinski definition) is 7. The molecule has 0 bridgehead atoms. The van der Waals surface area contributed by atoms with E-state index in [4.69, 9.17) is 18.9 Å². The van der Waals surface area contributed by atoms with Crippen molar-refractivity contribution in [2.45, 2.75) is 85.0 Å². The molecule has 2 heterocycles. The Labute approximate surface area is 272 Å². The first kappa shape index (κ1) is 34.7. The van der Waals surface area contributed by atoms with Crippen LogP contribution in [0, 0.1) is 24.2 Å². The molecule has 0 saturated carbocycles. The third-order valence-electron chi connectivity index (χ3n) is 8.03. The minimum absolute atomic E-state index is 0.269. The van der Waals surface area contributed by atoms with Gasteiger partial charge < -0.3 is 18.9 Å². The number of methoxy groups -OCH3 is 2. The van der Waals surface area contributed by atoms with Crippen LogP contribution in [0.5, 0.6) is 5.75 Å². The molecule has 0 aliphatic carbocycles. The van der Waals surface area contributed by atoms with Crippen molar-refractivity contribution in [2.75, 3.05) is 20.8 Å². The number of nitriles is 1. The van der Waals surface area contributed by atoms with Crippen molar-refractivity contribution in [3.63, 3.8) is 0 Å². The van der Waals surface area contributed by atoms with Gasteiger partial charge in [0.1, 0.15) is 11.4 Å². The maximum absolute atomic E-state index is 13.3. The van der Waals surface area contributed by atoms with Crippen LogP contribution in [0.15, 0.2) is 36.5 Å². The Hall–Kier alpha value is -4.14. The Balaban J connectivity index is 1.99. The molecule has 0 aliphatic heterocycles. The molecular formula is C35H47N4O6Si+. The Morgan fingerprint density at radius 3 is 2.46 bits per heavy atom. The van der Waals surface area contributed by atoms with Gasteiger partial charge in [-0.05, 0) is 70.0 Å². The summed E-state index contributed by atoms with van der Waals surface area (Å²) in [6, 6.07) is 12.6. The quantitative estimate of drug-likeness (QED) is 0.0804. The number of H-pyrrole nitrogens is 1. The van der Waals surface area contributed by atoms with Gasteiger partial charge in [-0.3, -0.25) is 9.36 Å². The lowest BCUT2D eigenvalue weighted by molar-refractivity contribution is -0.716. The largest absolute Gasteiger partial charge is 0.496 e. The zero-order valence-electron chi connectivity index (χ0n) is 28.7. The second-order valence-electron chi connectivity index (χ2n) is 14.1. The van der Waals surface area contributed by atoms with Crippen molar-refractivity contribution in [3.05, 3.63) is 59.0 Å². The highest BCUT2D eigenvalue weighted by Gasteiger charge is 2.36. The SMILES string of the molecule is COC(=O)C(C)CC(c1c(OC)cc(C)c2c1ccn2C(=O)OC(C)(C)C)c1[nH]c2cc(C#N)ccc2[n+]1COCC[Si](C)(C)C. The summed E-state index contributed by atoms with van der Waals surface area (Å²) in [5, 5.41) is 10.4. The summed E-state index contributed by atoms with van der Waals surface area (Å²) in [4.78, 5) is 29.8. The van der Waals surface area contributed by atoms with Gasteiger partial charge in [0.05, 0.1) is 43.2 Å². The molecule has 11 heteroatoms. The van der Waals surface area contributed by atoms with E-state index in [0.29, 0.717) is 29.9 Å². The number of carbonyl (C=O) groups is 2. The fourth-order valence-corrected chi connectivity index (χ4v) is 6.52. The van der Waals surface area contributed by atoms with Gasteiger partial charge in [0.2, 0.25) is 0 Å². The number of fused-ring (bicyclic) bond motifs is 2. The summed E-state index contributed by atoms with van der Waals surface area (Å²) in [5.41, 5.74) is 3.83. The normalized spacial score (nSPS) is 13.4. The summed E-state index contributed by atoms with van der Waals surface area (Å²) in [7, 11) is 1.68. The van der Waals surface area contributed by atoms with Gasteiger partial charge in [-0.25, -0.2) is 14.3 Å². The van der Waals surface area contributed by atoms with Gasteiger partial charge in [0, 0.05) is 37.9 Å². The summed E-state index contributed by atoms with van der Waals surface area (Å²) >= 11 is 0. The van der Waals surface area contributed by atoms with E-state index in [0.717, 1.165) is 39.4 Å². The molecule has 2 aromatic heterocycles. The first-order chi connectivity index (χ1) is 21.6. The standard InChI is InChI=1S/C35H46N4O6Si/c1-22-18-29(42-6)30(25-13-14-38(31(22)25)34(41)45-35(3,4)5)26(17-23(2)33(40)43-7)32-37-27-19-24(20-36)11-12-28(27)39(32)21-44-15-16-46(8,9)10/h11-14,18-19,23,26H,15-17,21H2,1-10H3/p+1. The van der Waals surface area contributed by atoms with Crippen molar-refractivity contribution < 1.29 is 33.1 Å². The van der Waals surface area contributed by atoms with Crippen LogP contribution < -0.4 is 9.30 Å². The number of aryl methyl sites for hydroxylation is 1. The first-order valence-electron chi connectivity index (χ1n) is 15.6. The van der Waals surface area contributed by atoms with Crippen LogP contribution in [-0.2, 0) is 25.7 Å². The monoisotopic (exact) mass is 647 g/mol. The van der Waals surface area contributed by atoms with Crippen LogP contribution >= 0.6 is 0 Å². The zero-order valence-corrected chi connectivity index (χ0v) is 29.7. The van der Waals surface area contributed by atoms with E-state index in [1.165, 1.54) is 11.7 Å². The van der Waals surface area contributed by atoms with E-state index in [1.807, 2.05) is 58.9 Å². The maximum atomic E-state index is 13.3. The van der Waals surface area contributed by atoms with Gasteiger partial charge in [0.15, 0.2) is 17.8 Å². The van der Waals surface area contributed by atoms with Crippen LogP contribution in [-0.4, -0.2) is 56.1 Å². The van der Waals surface area contributed by atoms with E-state index < -0.39 is 31.6 Å². The molecule has 0 spiro atoms. The Kier molecular flexibility index (Phi) is 10.3. The molecule has 1 N–H and O–H groups in total. The lowest BCUT2D eigenvalue weighted by Crippen LogP contribution is -2.41. The predicted molar refractivity (Wildman–Crippen MR) is 180 cm³/mol. The molecule has 4 aromatic rings. The van der Waals surface area contributed by atoms with E-state index in [-0.39, 0.29) is 12.7 Å². The molecule has 2 aromatic carbocycles. The Morgan fingerprint density at radius 1 is 1.13 bits per heavy atom. The van der Waals surface area contributed by atoms with Gasteiger partial charge in [-0.2, -0.15) is 5.26 Å². The highest BCUT2D eigenvalue weighted by atomic mass is 28.3. The van der Waals surface area contributed by atoms with E-state index >= 15 is 0 Å². The van der Waals surface area contributed by atoms with E-state index in [2.05, 4.69) is 35.3 Å². The van der Waals surface area contributed by atoms with E-state index in [1.54, 1.807) is 19.4 Å². The third-order valence-corrected chi connectivity index (χ3v) is 9.74. The summed E-state index contributed by atoms with van der Waals surface area (Å²) < 4.78 is 26.8. The van der Waals surface area contributed by atoms with Crippen LogP contribution in [0.4, 0.5) is 4.79 Å². The fraction of sp³-hybridized carbons (Fsp3) is 0.486. The highest BCUT2D eigenvalue weighted by molar-refractivity contribution is 6.76. The molecule has 0 aliphatic rings. The molecule has 0 radical (unpaired) electrons. The number of hydrogen-bond donors (Lipinski definition) is 1. The minimum Gasteiger partial charge on any atom is -0.496 e. The number of rotatable bonds is 11. The molecule has 0 saturated heterocycles. The number of esters is 1. The fourth-order valence-electron chi connectivity index (χ4n) is 5.76. The molecular weight excluding hydrogens is 600 g/mol. The van der Waals surface area contributed by atoms with Crippen LogP contribution in [0.2, 0.25) is 25.7 Å². The zero-order chi connectivity index (χ0) is 34.0. The topological polar surface area (TPSA) is 119 Å². The Bertz CT molecular complexity index is 1790. The number of nitrogens with one attached hydrogen (secondary N) is 1. The molecule has 2 atom stereocenters. The molecule has 0 amide bonds. The molecule has 2 unspecified atom stereocenters. The second-order valence-corrected chi connectivity index (χ2v) is 19.7. The van der Waals surface area contributed by atoms with Crippen molar-refractivity contribution in [1.29, 1.82) is 5.26 Å². The van der Waals surface area contributed by atoms with Gasteiger partial charge >= 0.3 is 12.1 Å². The number of imidazole rings is 1. The third kappa shape index (κ3) is 7.62. The predicted octanol–water partition coefficient (Wildman–Crippen LogP) is 7.03. The highest BCUT2D eigenvalue weighted by Crippen LogP contribution is 2.42. The molecule has 10 nitrogen and oxygen atoms in total. The van der Waals surface area contributed by atoms with E-state index in [9.17, 15) is 14.9 Å². The maximum Gasteiger partial charge on any atom is 0.419 e. The van der Waals surface area contributed by atoms with Gasteiger partial charge in [-0.1, -0.05) is 26.6 Å². The average Bonchev–Trinajstić information content (AvgIpc) is 3.58. The van der Waals surface area contributed by atoms with Crippen molar-refractivity contribution in [1.82, 2.24) is 9.55 Å². The number of carbonyl (C=O) groups excluding carboxylic acids is 2. The average molecular weight is 648 g/mol. The minimum atomic E-state index is -1.33. The van der Waals surface area contributed by atoms with Gasteiger partial charge in [-0.15, -0.1) is 0 Å². The second kappa shape index (κ2) is 13.7. The number of benzene rings is 2. The Morgan fingerprint density at radius 2 is 1.85 bits per heavy atom. The molecule has 4 rings (SSSR count). The summed E-state index contributed by atoms with van der Waals surface area (Å²) in [6.07, 6.45) is 1.60. The van der Waals surface area contributed by atoms with Crippen LogP contribution in [0.3, 0.4) is 0 Å². The van der Waals surface area contributed by atoms with Crippen molar-refractivity contribution in [3.8, 4) is 11.8 Å². The number of aromatic amines is 1. The van der Waals surface area contributed by atoms with Crippen molar-refractivity contribution in [2.24, 2.45) is 5.92 Å². The number of ether oxygens (including phenoxy) is 4. The molecule has 0 fully saturated rings. The van der Waals surface area contributed by atoms with Crippen molar-refractivity contribution >= 4 is 42.1 Å². The lowest BCUT2D eigenvalue weighted by Gasteiger charge is -2.23. The number of aromatic nitrogens is 3. The number of nitrogens with zero attached hydrogens (tertiary/aromatic N) is 3. The molecule has 46 heavy (non-hydrogen) atoms. The van der Waals surface area contributed by atoms with Crippen LogP contribution in [0.25, 0.3) is 21.9 Å². The summed E-state index contributed by atoms with van der Waals surface area (Å²) in [5.74, 6) is 0.157. The van der Waals surface area contributed by atoms with Crippen LogP contribution in [0.1, 0.15) is 62.5 Å². The molecule has 246 valence electrons. The van der Waals surface area contributed by atoms with Gasteiger partial charge in [0.25, 0.3) is 5.82 Å².